The number of nitrogens with zero attached hydrogens (tertiary/aromatic N) is 3. The van der Waals surface area contributed by atoms with Crippen LogP contribution in [0.2, 0.25) is 0 Å². The first-order chi connectivity index (χ1) is 14.4. The molecular formula is C21H20N4O4S. The third-order valence-electron chi connectivity index (χ3n) is 4.62. The van der Waals surface area contributed by atoms with Crippen LogP contribution in [-0.4, -0.2) is 37.4 Å². The fourth-order valence-corrected chi connectivity index (χ4v) is 4.37. The molecule has 0 saturated heterocycles. The third-order valence-corrected chi connectivity index (χ3v) is 6.02. The van der Waals surface area contributed by atoms with Gasteiger partial charge in [0.05, 0.1) is 37.5 Å². The van der Waals surface area contributed by atoms with Gasteiger partial charge in [0.25, 0.3) is 10.0 Å². The van der Waals surface area contributed by atoms with Crippen LogP contribution in [0.15, 0.2) is 65.7 Å². The number of aryl methyl sites for hydroxylation is 1. The second kappa shape index (κ2) is 7.68. The predicted octanol–water partition coefficient (Wildman–Crippen LogP) is 3.55. The van der Waals surface area contributed by atoms with E-state index in [0.717, 1.165) is 16.8 Å². The van der Waals surface area contributed by atoms with Crippen LogP contribution in [0.3, 0.4) is 0 Å². The average Bonchev–Trinajstić information content (AvgIpc) is 3.09. The Morgan fingerprint density at radius 1 is 1.00 bits per heavy atom. The van der Waals surface area contributed by atoms with E-state index in [4.69, 9.17) is 9.47 Å². The van der Waals surface area contributed by atoms with Gasteiger partial charge in [0.15, 0.2) is 5.65 Å². The number of pyridine rings is 1. The zero-order valence-electron chi connectivity index (χ0n) is 16.7. The molecule has 30 heavy (non-hydrogen) atoms. The topological polar surface area (TPSA) is 95.3 Å². The largest absolute Gasteiger partial charge is 0.497 e. The van der Waals surface area contributed by atoms with Crippen molar-refractivity contribution in [2.45, 2.75) is 11.8 Å². The van der Waals surface area contributed by atoms with E-state index in [1.165, 1.54) is 26.5 Å². The maximum absolute atomic E-state index is 13.0. The number of para-hydroxylation sites is 1. The van der Waals surface area contributed by atoms with E-state index in [9.17, 15) is 8.42 Å². The molecule has 9 heteroatoms. The van der Waals surface area contributed by atoms with E-state index in [2.05, 4.69) is 14.8 Å². The Hall–Kier alpha value is -3.59. The second-order valence-corrected chi connectivity index (χ2v) is 8.20. The summed E-state index contributed by atoms with van der Waals surface area (Å²) in [7, 11) is -1.06. The number of sulfonamides is 1. The lowest BCUT2D eigenvalue weighted by atomic mass is 10.2. The van der Waals surface area contributed by atoms with Crippen LogP contribution in [-0.2, 0) is 10.0 Å². The molecule has 2 heterocycles. The number of aromatic nitrogens is 3. The van der Waals surface area contributed by atoms with Gasteiger partial charge in [-0.1, -0.05) is 18.2 Å². The van der Waals surface area contributed by atoms with Crippen molar-refractivity contribution in [3.8, 4) is 17.2 Å². The first-order valence-electron chi connectivity index (χ1n) is 9.08. The molecule has 0 bridgehead atoms. The van der Waals surface area contributed by atoms with Crippen molar-refractivity contribution >= 4 is 26.7 Å². The normalized spacial score (nSPS) is 11.4. The molecule has 0 fully saturated rings. The van der Waals surface area contributed by atoms with Crippen LogP contribution in [0.25, 0.3) is 16.7 Å². The number of ether oxygens (including phenoxy) is 2. The molecule has 0 radical (unpaired) electrons. The second-order valence-electron chi connectivity index (χ2n) is 6.55. The van der Waals surface area contributed by atoms with Crippen molar-refractivity contribution in [2.75, 3.05) is 18.9 Å². The quantitative estimate of drug-likeness (QED) is 0.509. The molecule has 4 rings (SSSR count). The van der Waals surface area contributed by atoms with Crippen LogP contribution in [0, 0.1) is 6.92 Å². The molecule has 0 amide bonds. The Morgan fingerprint density at radius 3 is 2.47 bits per heavy atom. The highest BCUT2D eigenvalue weighted by Crippen LogP contribution is 2.30. The molecule has 0 unspecified atom stereocenters. The Balaban J connectivity index is 1.74. The highest BCUT2D eigenvalue weighted by molar-refractivity contribution is 7.92. The van der Waals surface area contributed by atoms with Crippen molar-refractivity contribution in [3.63, 3.8) is 0 Å². The number of nitrogens with one attached hydrogen (secondary N) is 1. The predicted molar refractivity (Wildman–Crippen MR) is 114 cm³/mol. The third kappa shape index (κ3) is 3.55. The van der Waals surface area contributed by atoms with Crippen molar-refractivity contribution in [1.82, 2.24) is 14.8 Å². The van der Waals surface area contributed by atoms with Crippen LogP contribution in [0.5, 0.6) is 11.5 Å². The van der Waals surface area contributed by atoms with Crippen LogP contribution < -0.4 is 14.2 Å². The minimum atomic E-state index is -3.94. The van der Waals surface area contributed by atoms with Crippen molar-refractivity contribution in [2.24, 2.45) is 0 Å². The first-order valence-corrected chi connectivity index (χ1v) is 10.6. The molecule has 0 aliphatic heterocycles. The maximum atomic E-state index is 13.0. The number of hydrogen-bond acceptors (Lipinski definition) is 6. The molecule has 0 atom stereocenters. The molecule has 0 saturated carbocycles. The van der Waals surface area contributed by atoms with Gasteiger partial charge in [0.1, 0.15) is 16.4 Å². The van der Waals surface area contributed by atoms with Crippen molar-refractivity contribution in [1.29, 1.82) is 0 Å². The lowest BCUT2D eigenvalue weighted by Gasteiger charge is -2.13. The summed E-state index contributed by atoms with van der Waals surface area (Å²) in [5.41, 5.74) is 2.57. The van der Waals surface area contributed by atoms with Gasteiger partial charge in [0.2, 0.25) is 0 Å². The number of fused-ring (bicyclic) bond motifs is 1. The minimum Gasteiger partial charge on any atom is -0.497 e. The summed E-state index contributed by atoms with van der Waals surface area (Å²) in [6.45, 7) is 1.85. The zero-order valence-corrected chi connectivity index (χ0v) is 17.5. The molecule has 0 aliphatic rings. The fraction of sp³-hybridized carbons (Fsp3) is 0.143. The van der Waals surface area contributed by atoms with Crippen molar-refractivity contribution in [3.05, 3.63) is 66.5 Å². The van der Waals surface area contributed by atoms with Gasteiger partial charge >= 0.3 is 0 Å². The number of rotatable bonds is 6. The lowest BCUT2D eigenvalue weighted by Crippen LogP contribution is -2.14. The fourth-order valence-electron chi connectivity index (χ4n) is 3.15. The molecule has 154 valence electrons. The lowest BCUT2D eigenvalue weighted by molar-refractivity contribution is 0.392. The van der Waals surface area contributed by atoms with Gasteiger partial charge < -0.3 is 9.47 Å². The SMILES string of the molecule is COc1ccc(OC)c(S(=O)(=O)Nc2cnc3c(c2)c(C)nn3-c2ccccc2)c1. The molecule has 2 aromatic carbocycles. The Morgan fingerprint density at radius 2 is 1.77 bits per heavy atom. The van der Waals surface area contributed by atoms with Crippen LogP contribution >= 0.6 is 0 Å². The van der Waals surface area contributed by atoms with Gasteiger partial charge in [-0.05, 0) is 37.3 Å². The van der Waals surface area contributed by atoms with Gasteiger partial charge in [0, 0.05) is 11.5 Å². The van der Waals surface area contributed by atoms with Crippen molar-refractivity contribution < 1.29 is 17.9 Å². The number of benzene rings is 2. The van der Waals surface area contributed by atoms with E-state index >= 15 is 0 Å². The van der Waals surface area contributed by atoms with E-state index in [1.54, 1.807) is 22.9 Å². The summed E-state index contributed by atoms with van der Waals surface area (Å²) in [6.07, 6.45) is 1.47. The van der Waals surface area contributed by atoms with Crippen LogP contribution in [0.1, 0.15) is 5.69 Å². The summed E-state index contributed by atoms with van der Waals surface area (Å²) in [4.78, 5) is 4.42. The molecule has 2 aromatic heterocycles. The highest BCUT2D eigenvalue weighted by atomic mass is 32.2. The number of anilines is 1. The molecule has 4 aromatic rings. The first kappa shape index (κ1) is 19.7. The highest BCUT2D eigenvalue weighted by Gasteiger charge is 2.22. The maximum Gasteiger partial charge on any atom is 0.265 e. The molecule has 0 spiro atoms. The summed E-state index contributed by atoms with van der Waals surface area (Å²) in [5.74, 6) is 0.621. The van der Waals surface area contributed by atoms with Crippen LogP contribution in [0.4, 0.5) is 5.69 Å². The molecule has 8 nitrogen and oxygen atoms in total. The smallest absolute Gasteiger partial charge is 0.265 e. The summed E-state index contributed by atoms with van der Waals surface area (Å²) in [6, 6.07) is 15.9. The number of methoxy groups -OCH3 is 2. The zero-order chi connectivity index (χ0) is 21.3. The van der Waals surface area contributed by atoms with E-state index < -0.39 is 10.0 Å². The molecule has 1 N–H and O–H groups in total. The summed E-state index contributed by atoms with van der Waals surface area (Å²) >= 11 is 0. The van der Waals surface area contributed by atoms with E-state index in [1.807, 2.05) is 37.3 Å². The Kier molecular flexibility index (Phi) is 5.04. The average molecular weight is 424 g/mol. The van der Waals surface area contributed by atoms with Gasteiger partial charge in [-0.15, -0.1) is 0 Å². The monoisotopic (exact) mass is 424 g/mol. The van der Waals surface area contributed by atoms with Gasteiger partial charge in [-0.2, -0.15) is 5.10 Å². The van der Waals surface area contributed by atoms with Gasteiger partial charge in [-0.3, -0.25) is 4.72 Å². The molecule has 0 aliphatic carbocycles. The number of hydrogen-bond donors (Lipinski definition) is 1. The summed E-state index contributed by atoms with van der Waals surface area (Å²) in [5, 5.41) is 5.29. The molecular weight excluding hydrogens is 404 g/mol. The van der Waals surface area contributed by atoms with E-state index in [-0.39, 0.29) is 10.6 Å². The Bertz CT molecular complexity index is 1320. The van der Waals surface area contributed by atoms with Gasteiger partial charge in [-0.25, -0.2) is 18.1 Å². The van der Waals surface area contributed by atoms with E-state index in [0.29, 0.717) is 17.1 Å². The Labute approximate surface area is 174 Å². The summed E-state index contributed by atoms with van der Waals surface area (Å²) < 4.78 is 40.7. The standard InChI is InChI=1S/C21H20N4O4S/c1-14-18-11-15(13-22-21(18)25(23-14)16-7-5-4-6-8-16)24-30(26,27)20-12-17(28-2)9-10-19(20)29-3/h4-13,24H,1-3H3. The minimum absolute atomic E-state index is 0.0267.